The second-order valence-corrected chi connectivity index (χ2v) is 11.0. The van der Waals surface area contributed by atoms with Crippen LogP contribution >= 0.6 is 0 Å². The SMILES string of the molecule is CCC(C)NC(=O)c1ccc(CC(=O)N2CCC(CS(=O)(=O)C(C)C)CC2)cc1. The Kier molecular flexibility index (Phi) is 8.25. The highest BCUT2D eigenvalue weighted by atomic mass is 32.2. The lowest BCUT2D eigenvalue weighted by molar-refractivity contribution is -0.131. The van der Waals surface area contributed by atoms with Gasteiger partial charge in [0.15, 0.2) is 9.84 Å². The molecule has 1 aliphatic heterocycles. The van der Waals surface area contributed by atoms with Crippen molar-refractivity contribution in [2.75, 3.05) is 18.8 Å². The lowest BCUT2D eigenvalue weighted by atomic mass is 9.98. The van der Waals surface area contributed by atoms with Gasteiger partial charge in [-0.3, -0.25) is 9.59 Å². The van der Waals surface area contributed by atoms with Crippen molar-refractivity contribution >= 4 is 21.7 Å². The monoisotopic (exact) mass is 422 g/mol. The van der Waals surface area contributed by atoms with Crippen LogP contribution in [-0.4, -0.2) is 55.3 Å². The highest BCUT2D eigenvalue weighted by Gasteiger charge is 2.28. The molecule has 1 fully saturated rings. The van der Waals surface area contributed by atoms with Crippen LogP contribution in [0.3, 0.4) is 0 Å². The Morgan fingerprint density at radius 2 is 1.69 bits per heavy atom. The second-order valence-electron chi connectivity index (χ2n) is 8.36. The van der Waals surface area contributed by atoms with Gasteiger partial charge in [0.2, 0.25) is 5.91 Å². The molecule has 1 aromatic carbocycles. The van der Waals surface area contributed by atoms with Crippen molar-refractivity contribution in [3.05, 3.63) is 35.4 Å². The van der Waals surface area contributed by atoms with Crippen molar-refractivity contribution in [1.29, 1.82) is 0 Å². The largest absolute Gasteiger partial charge is 0.350 e. The van der Waals surface area contributed by atoms with E-state index in [-0.39, 0.29) is 34.8 Å². The molecule has 1 N–H and O–H groups in total. The second kappa shape index (κ2) is 10.2. The maximum Gasteiger partial charge on any atom is 0.251 e. The Balaban J connectivity index is 1.84. The lowest BCUT2D eigenvalue weighted by Gasteiger charge is -2.32. The molecule has 0 bridgehead atoms. The summed E-state index contributed by atoms with van der Waals surface area (Å²) >= 11 is 0. The molecule has 1 aliphatic rings. The van der Waals surface area contributed by atoms with Gasteiger partial charge in [0.1, 0.15) is 0 Å². The molecule has 2 amide bonds. The summed E-state index contributed by atoms with van der Waals surface area (Å²) in [5, 5.41) is 2.58. The fourth-order valence-corrected chi connectivity index (χ4v) is 4.71. The molecule has 6 nitrogen and oxygen atoms in total. The van der Waals surface area contributed by atoms with E-state index in [9.17, 15) is 18.0 Å². The summed E-state index contributed by atoms with van der Waals surface area (Å²) in [4.78, 5) is 26.6. The van der Waals surface area contributed by atoms with Crippen LogP contribution in [0.2, 0.25) is 0 Å². The maximum atomic E-state index is 12.6. The van der Waals surface area contributed by atoms with Crippen LogP contribution in [0.15, 0.2) is 24.3 Å². The number of piperidine rings is 1. The average Bonchev–Trinajstić information content (AvgIpc) is 2.68. The third kappa shape index (κ3) is 6.84. The van der Waals surface area contributed by atoms with Crippen molar-refractivity contribution in [2.45, 2.75) is 64.7 Å². The number of likely N-dealkylation sites (tertiary alicyclic amines) is 1. The topological polar surface area (TPSA) is 83.6 Å². The van der Waals surface area contributed by atoms with E-state index in [0.29, 0.717) is 25.1 Å². The molecule has 7 heteroatoms. The van der Waals surface area contributed by atoms with Gasteiger partial charge in [-0.15, -0.1) is 0 Å². The summed E-state index contributed by atoms with van der Waals surface area (Å²) < 4.78 is 24.2. The number of hydrogen-bond donors (Lipinski definition) is 1. The van der Waals surface area contributed by atoms with Crippen molar-refractivity contribution in [3.63, 3.8) is 0 Å². The molecule has 0 spiro atoms. The van der Waals surface area contributed by atoms with E-state index >= 15 is 0 Å². The van der Waals surface area contributed by atoms with Gasteiger partial charge in [-0.1, -0.05) is 19.1 Å². The summed E-state index contributed by atoms with van der Waals surface area (Å²) in [7, 11) is -3.04. The quantitative estimate of drug-likeness (QED) is 0.698. The molecule has 0 aromatic heterocycles. The summed E-state index contributed by atoms with van der Waals surface area (Å²) in [6.45, 7) is 8.62. The van der Waals surface area contributed by atoms with Gasteiger partial charge in [0, 0.05) is 24.7 Å². The van der Waals surface area contributed by atoms with Gasteiger partial charge in [-0.05, 0) is 63.6 Å². The Hall–Kier alpha value is -1.89. The molecule has 0 radical (unpaired) electrons. The number of nitrogens with zero attached hydrogens (tertiary/aromatic N) is 1. The fourth-order valence-electron chi connectivity index (χ4n) is 3.34. The lowest BCUT2D eigenvalue weighted by Crippen LogP contribution is -2.41. The Morgan fingerprint density at radius 3 is 2.21 bits per heavy atom. The van der Waals surface area contributed by atoms with E-state index in [1.807, 2.05) is 30.9 Å². The van der Waals surface area contributed by atoms with Crippen molar-refractivity contribution in [2.24, 2.45) is 5.92 Å². The molecule has 0 saturated carbocycles. The smallest absolute Gasteiger partial charge is 0.251 e. The van der Waals surface area contributed by atoms with Gasteiger partial charge in [0.25, 0.3) is 5.91 Å². The van der Waals surface area contributed by atoms with E-state index in [2.05, 4.69) is 5.32 Å². The van der Waals surface area contributed by atoms with E-state index in [1.54, 1.807) is 26.0 Å². The maximum absolute atomic E-state index is 12.6. The van der Waals surface area contributed by atoms with Crippen molar-refractivity contribution < 1.29 is 18.0 Å². The number of benzene rings is 1. The molecule has 1 atom stereocenters. The zero-order valence-corrected chi connectivity index (χ0v) is 18.8. The third-order valence-corrected chi connectivity index (χ3v) is 8.09. The number of sulfone groups is 1. The first-order valence-corrected chi connectivity index (χ1v) is 12.2. The Labute approximate surface area is 175 Å². The first-order valence-electron chi connectivity index (χ1n) is 10.5. The molecule has 1 aromatic rings. The molecule has 29 heavy (non-hydrogen) atoms. The molecule has 1 saturated heterocycles. The van der Waals surface area contributed by atoms with Crippen LogP contribution in [0.4, 0.5) is 0 Å². The Bertz CT molecular complexity index is 795. The van der Waals surface area contributed by atoms with Gasteiger partial charge >= 0.3 is 0 Å². The number of rotatable bonds is 8. The molecule has 1 unspecified atom stereocenters. The van der Waals surface area contributed by atoms with Crippen LogP contribution in [0.1, 0.15) is 62.9 Å². The highest BCUT2D eigenvalue weighted by Crippen LogP contribution is 2.21. The zero-order valence-electron chi connectivity index (χ0n) is 18.0. The van der Waals surface area contributed by atoms with Gasteiger partial charge in [-0.2, -0.15) is 0 Å². The fraction of sp³-hybridized carbons (Fsp3) is 0.636. The van der Waals surface area contributed by atoms with Crippen molar-refractivity contribution in [3.8, 4) is 0 Å². The highest BCUT2D eigenvalue weighted by molar-refractivity contribution is 7.91. The number of carbonyl (C=O) groups is 2. The van der Waals surface area contributed by atoms with E-state index in [4.69, 9.17) is 0 Å². The van der Waals surface area contributed by atoms with Crippen LogP contribution in [0.5, 0.6) is 0 Å². The van der Waals surface area contributed by atoms with Gasteiger partial charge < -0.3 is 10.2 Å². The number of amides is 2. The third-order valence-electron chi connectivity index (χ3n) is 5.71. The first kappa shape index (κ1) is 23.4. The number of hydrogen-bond acceptors (Lipinski definition) is 4. The van der Waals surface area contributed by atoms with Crippen LogP contribution < -0.4 is 5.32 Å². The average molecular weight is 423 g/mol. The number of nitrogens with one attached hydrogen (secondary N) is 1. The molecular weight excluding hydrogens is 388 g/mol. The summed E-state index contributed by atoms with van der Waals surface area (Å²) in [5.74, 6) is 0.296. The summed E-state index contributed by atoms with van der Waals surface area (Å²) in [6.07, 6.45) is 2.62. The summed E-state index contributed by atoms with van der Waals surface area (Å²) in [5.41, 5.74) is 1.47. The number of carbonyl (C=O) groups excluding carboxylic acids is 2. The van der Waals surface area contributed by atoms with Crippen LogP contribution in [0, 0.1) is 5.92 Å². The molecule has 1 heterocycles. The van der Waals surface area contributed by atoms with E-state index in [1.165, 1.54) is 0 Å². The van der Waals surface area contributed by atoms with Gasteiger partial charge in [0.05, 0.1) is 17.4 Å². The van der Waals surface area contributed by atoms with Crippen LogP contribution in [0.25, 0.3) is 0 Å². The first-order chi connectivity index (χ1) is 13.6. The van der Waals surface area contributed by atoms with Crippen LogP contribution in [-0.2, 0) is 21.1 Å². The van der Waals surface area contributed by atoms with Crippen molar-refractivity contribution in [1.82, 2.24) is 10.2 Å². The zero-order chi connectivity index (χ0) is 21.6. The summed E-state index contributed by atoms with van der Waals surface area (Å²) in [6, 6.07) is 7.28. The normalized spacial score (nSPS) is 16.7. The standard InChI is InChI=1S/C22H34N2O4S/c1-5-17(4)23-22(26)20-8-6-18(7-9-20)14-21(25)24-12-10-19(11-13-24)15-29(27,28)16(2)3/h6-9,16-17,19H,5,10-15H2,1-4H3,(H,23,26). The molecular formula is C22H34N2O4S. The molecule has 0 aliphatic carbocycles. The molecule has 162 valence electrons. The minimum Gasteiger partial charge on any atom is -0.350 e. The Morgan fingerprint density at radius 1 is 1.10 bits per heavy atom. The predicted molar refractivity (Wildman–Crippen MR) is 116 cm³/mol. The van der Waals surface area contributed by atoms with Gasteiger partial charge in [-0.25, -0.2) is 8.42 Å². The molecule has 2 rings (SSSR count). The predicted octanol–water partition coefficient (Wildman–Crippen LogP) is 2.82. The minimum atomic E-state index is -3.04. The minimum absolute atomic E-state index is 0.0481. The van der Waals surface area contributed by atoms with E-state index in [0.717, 1.165) is 24.8 Å². The van der Waals surface area contributed by atoms with E-state index < -0.39 is 9.84 Å².